The first-order valence-electron chi connectivity index (χ1n) is 5.65. The lowest BCUT2D eigenvalue weighted by Gasteiger charge is -2.08. The smallest absolute Gasteiger partial charge is 0.411 e. The highest BCUT2D eigenvalue weighted by Crippen LogP contribution is 2.26. The van der Waals surface area contributed by atoms with E-state index < -0.39 is 6.09 Å². The fourth-order valence-electron chi connectivity index (χ4n) is 1.47. The molecule has 2 aromatic rings. The minimum absolute atomic E-state index is 0.0618. The van der Waals surface area contributed by atoms with E-state index in [1.54, 1.807) is 31.2 Å². The Hall–Kier alpha value is -2.41. The molecule has 19 heavy (non-hydrogen) atoms. The lowest BCUT2D eigenvalue weighted by atomic mass is 10.2. The van der Waals surface area contributed by atoms with E-state index in [9.17, 15) is 4.79 Å². The number of carbonyl (C=O) groups is 1. The number of benzene rings is 1. The van der Waals surface area contributed by atoms with Crippen molar-refractivity contribution < 1.29 is 19.1 Å². The maximum Gasteiger partial charge on any atom is 0.411 e. The highest BCUT2D eigenvalue weighted by atomic mass is 16.6. The number of anilines is 1. The number of hydrogen-bond acceptors (Lipinski definition) is 6. The third-order valence-corrected chi connectivity index (χ3v) is 2.24. The van der Waals surface area contributed by atoms with Crippen LogP contribution in [0.4, 0.5) is 10.5 Å². The summed E-state index contributed by atoms with van der Waals surface area (Å²) in [4.78, 5) is 11.4. The first-order valence-corrected chi connectivity index (χ1v) is 5.65. The summed E-state index contributed by atoms with van der Waals surface area (Å²) in [5, 5.41) is 18.8. The number of ether oxygens (including phenoxy) is 1. The number of aliphatic hydroxyl groups excluding tert-OH is 1. The fourth-order valence-corrected chi connectivity index (χ4v) is 1.47. The predicted octanol–water partition coefficient (Wildman–Crippen LogP) is 1.59. The fraction of sp³-hybridized carbons (Fsp3) is 0.250. The number of carbonyl (C=O) groups excluding carboxylic acids is 1. The third kappa shape index (κ3) is 3.29. The van der Waals surface area contributed by atoms with Crippen LogP contribution in [0.5, 0.6) is 0 Å². The first-order chi connectivity index (χ1) is 9.20. The van der Waals surface area contributed by atoms with Gasteiger partial charge in [0.25, 0.3) is 0 Å². The van der Waals surface area contributed by atoms with E-state index in [2.05, 4.69) is 15.5 Å². The van der Waals surface area contributed by atoms with Crippen LogP contribution in [-0.2, 0) is 4.74 Å². The minimum Gasteiger partial charge on any atom is -0.447 e. The van der Waals surface area contributed by atoms with Gasteiger partial charge in [0.2, 0.25) is 11.8 Å². The van der Waals surface area contributed by atoms with E-state index in [0.717, 1.165) is 0 Å². The summed E-state index contributed by atoms with van der Waals surface area (Å²) in [5.74, 6) is 0.753. The molecule has 0 aliphatic rings. The quantitative estimate of drug-likeness (QED) is 0.869. The van der Waals surface area contributed by atoms with E-state index in [1.165, 1.54) is 0 Å². The van der Waals surface area contributed by atoms with Gasteiger partial charge in [-0.05, 0) is 12.1 Å². The van der Waals surface area contributed by atoms with Gasteiger partial charge in [0, 0.05) is 6.92 Å². The van der Waals surface area contributed by atoms with E-state index in [1.807, 2.05) is 0 Å². The normalized spacial score (nSPS) is 10.2. The van der Waals surface area contributed by atoms with Gasteiger partial charge in [0.15, 0.2) is 0 Å². The summed E-state index contributed by atoms with van der Waals surface area (Å²) >= 11 is 0. The first kappa shape index (κ1) is 13.0. The molecule has 0 radical (unpaired) electrons. The number of rotatable bonds is 4. The molecule has 0 fully saturated rings. The van der Waals surface area contributed by atoms with Crippen molar-refractivity contribution in [1.29, 1.82) is 0 Å². The molecule has 2 N–H and O–H groups in total. The SMILES string of the molecule is Cc1nnc(-c2ccccc2NC(=O)OCCO)o1. The standard InChI is InChI=1S/C12H13N3O4/c1-8-14-15-11(19-8)9-4-2-3-5-10(9)13-12(17)18-7-6-16/h2-5,16H,6-7H2,1H3,(H,13,17). The van der Waals surface area contributed by atoms with Gasteiger partial charge in [-0.15, -0.1) is 10.2 Å². The molecule has 100 valence electrons. The van der Waals surface area contributed by atoms with E-state index in [-0.39, 0.29) is 13.2 Å². The van der Waals surface area contributed by atoms with E-state index >= 15 is 0 Å². The van der Waals surface area contributed by atoms with Gasteiger partial charge in [-0.2, -0.15) is 0 Å². The van der Waals surface area contributed by atoms with Gasteiger partial charge >= 0.3 is 6.09 Å². The van der Waals surface area contributed by atoms with Crippen LogP contribution in [0, 0.1) is 6.92 Å². The van der Waals surface area contributed by atoms with Gasteiger partial charge < -0.3 is 14.3 Å². The average Bonchev–Trinajstić information content (AvgIpc) is 2.83. The number of amides is 1. The molecule has 0 atom stereocenters. The molecule has 0 unspecified atom stereocenters. The molecule has 0 aliphatic carbocycles. The van der Waals surface area contributed by atoms with Crippen molar-refractivity contribution in [2.45, 2.75) is 6.92 Å². The van der Waals surface area contributed by atoms with E-state index in [4.69, 9.17) is 14.3 Å². The number of hydrogen-bond donors (Lipinski definition) is 2. The van der Waals surface area contributed by atoms with Crippen molar-refractivity contribution in [2.75, 3.05) is 18.5 Å². The molecule has 1 aromatic carbocycles. The number of nitrogens with zero attached hydrogens (tertiary/aromatic N) is 2. The summed E-state index contributed by atoms with van der Waals surface area (Å²) in [6, 6.07) is 6.98. The largest absolute Gasteiger partial charge is 0.447 e. The van der Waals surface area contributed by atoms with Crippen molar-refractivity contribution in [1.82, 2.24) is 10.2 Å². The van der Waals surface area contributed by atoms with Crippen molar-refractivity contribution in [2.24, 2.45) is 0 Å². The summed E-state index contributed by atoms with van der Waals surface area (Å²) in [6.07, 6.45) is -0.655. The topological polar surface area (TPSA) is 97.5 Å². The second-order valence-corrected chi connectivity index (χ2v) is 3.66. The van der Waals surface area contributed by atoms with Gasteiger partial charge in [0.05, 0.1) is 17.9 Å². The lowest BCUT2D eigenvalue weighted by Crippen LogP contribution is -2.16. The summed E-state index contributed by atoms with van der Waals surface area (Å²) < 4.78 is 10.0. The zero-order valence-corrected chi connectivity index (χ0v) is 10.3. The van der Waals surface area contributed by atoms with Gasteiger partial charge in [-0.25, -0.2) is 4.79 Å². The second kappa shape index (κ2) is 5.96. The number of aromatic nitrogens is 2. The third-order valence-electron chi connectivity index (χ3n) is 2.24. The summed E-state index contributed by atoms with van der Waals surface area (Å²) in [7, 11) is 0. The van der Waals surface area contributed by atoms with Crippen LogP contribution < -0.4 is 5.32 Å². The van der Waals surface area contributed by atoms with Crippen molar-refractivity contribution >= 4 is 11.8 Å². The Balaban J connectivity index is 2.19. The molecule has 2 rings (SSSR count). The Morgan fingerprint density at radius 1 is 1.42 bits per heavy atom. The molecule has 7 heteroatoms. The second-order valence-electron chi connectivity index (χ2n) is 3.66. The van der Waals surface area contributed by atoms with Crippen molar-refractivity contribution in [3.63, 3.8) is 0 Å². The number of para-hydroxylation sites is 1. The predicted molar refractivity (Wildman–Crippen MR) is 66.5 cm³/mol. The molecule has 0 bridgehead atoms. The van der Waals surface area contributed by atoms with Gasteiger partial charge in [-0.1, -0.05) is 12.1 Å². The lowest BCUT2D eigenvalue weighted by molar-refractivity contribution is 0.131. The molecule has 0 spiro atoms. The molecular weight excluding hydrogens is 250 g/mol. The van der Waals surface area contributed by atoms with Gasteiger partial charge in [0.1, 0.15) is 6.61 Å². The summed E-state index contributed by atoms with van der Waals surface area (Å²) in [5.41, 5.74) is 1.10. The number of aliphatic hydroxyl groups is 1. The van der Waals surface area contributed by atoms with Gasteiger partial charge in [-0.3, -0.25) is 5.32 Å². The highest BCUT2D eigenvalue weighted by Gasteiger charge is 2.13. The number of nitrogens with one attached hydrogen (secondary N) is 1. The molecule has 1 amide bonds. The zero-order valence-electron chi connectivity index (χ0n) is 10.3. The van der Waals surface area contributed by atoms with Crippen LogP contribution in [0.1, 0.15) is 5.89 Å². The van der Waals surface area contributed by atoms with Crippen LogP contribution in [-0.4, -0.2) is 34.6 Å². The van der Waals surface area contributed by atoms with Crippen LogP contribution >= 0.6 is 0 Å². The molecule has 0 saturated heterocycles. The zero-order chi connectivity index (χ0) is 13.7. The Morgan fingerprint density at radius 3 is 2.89 bits per heavy atom. The molecular formula is C12H13N3O4. The molecule has 1 heterocycles. The Morgan fingerprint density at radius 2 is 2.21 bits per heavy atom. The minimum atomic E-state index is -0.655. The Labute approximate surface area is 109 Å². The van der Waals surface area contributed by atoms with Crippen LogP contribution in [0.25, 0.3) is 11.5 Å². The van der Waals surface area contributed by atoms with Crippen LogP contribution in [0.2, 0.25) is 0 Å². The highest BCUT2D eigenvalue weighted by molar-refractivity contribution is 5.90. The average molecular weight is 263 g/mol. The molecule has 7 nitrogen and oxygen atoms in total. The van der Waals surface area contributed by atoms with E-state index in [0.29, 0.717) is 23.0 Å². The molecule has 0 aliphatic heterocycles. The Bertz CT molecular complexity index is 568. The van der Waals surface area contributed by atoms with Crippen LogP contribution in [0.15, 0.2) is 28.7 Å². The van der Waals surface area contributed by atoms with Crippen molar-refractivity contribution in [3.05, 3.63) is 30.2 Å². The van der Waals surface area contributed by atoms with Crippen molar-refractivity contribution in [3.8, 4) is 11.5 Å². The maximum atomic E-state index is 11.4. The molecule has 1 aromatic heterocycles. The van der Waals surface area contributed by atoms with Crippen LogP contribution in [0.3, 0.4) is 0 Å². The molecule has 0 saturated carbocycles. The monoisotopic (exact) mass is 263 g/mol. The maximum absolute atomic E-state index is 11.4. The summed E-state index contributed by atoms with van der Waals surface area (Å²) in [6.45, 7) is 1.40. The Kier molecular flexibility index (Phi) is 4.09. The number of aryl methyl sites for hydroxylation is 1.